The third kappa shape index (κ3) is 2.35. The number of hydrogen-bond donors (Lipinski definition) is 0. The van der Waals surface area contributed by atoms with E-state index in [1.54, 1.807) is 0 Å². The van der Waals surface area contributed by atoms with E-state index >= 15 is 0 Å². The lowest BCUT2D eigenvalue weighted by Crippen LogP contribution is -2.06. The summed E-state index contributed by atoms with van der Waals surface area (Å²) in [6.07, 6.45) is 7.99. The van der Waals surface area contributed by atoms with Gasteiger partial charge >= 0.3 is 0 Å². The van der Waals surface area contributed by atoms with Crippen LogP contribution in [-0.4, -0.2) is 6.10 Å². The minimum atomic E-state index is 0.354. The SMILES string of the molecule is [CH]OC1CCCCCC1. The summed E-state index contributed by atoms with van der Waals surface area (Å²) < 4.78 is 4.77. The summed E-state index contributed by atoms with van der Waals surface area (Å²) in [7, 11) is 5.07. The van der Waals surface area contributed by atoms with Crippen molar-refractivity contribution in [3.8, 4) is 0 Å². The highest BCUT2D eigenvalue weighted by atomic mass is 16.5. The van der Waals surface area contributed by atoms with Crippen LogP contribution in [0, 0.1) is 7.11 Å². The molecule has 1 saturated carbocycles. The van der Waals surface area contributed by atoms with Crippen LogP contribution in [0.2, 0.25) is 0 Å². The van der Waals surface area contributed by atoms with Gasteiger partial charge < -0.3 is 4.74 Å². The third-order valence-corrected chi connectivity index (χ3v) is 1.99. The molecule has 0 N–H and O–H groups in total. The Bertz CT molecular complexity index is 63.0. The minimum absolute atomic E-state index is 0.354. The summed E-state index contributed by atoms with van der Waals surface area (Å²) in [5.41, 5.74) is 0. The van der Waals surface area contributed by atoms with E-state index in [1.165, 1.54) is 25.7 Å². The van der Waals surface area contributed by atoms with Gasteiger partial charge in [0.05, 0.1) is 6.10 Å². The molecule has 0 atom stereocenters. The van der Waals surface area contributed by atoms with Crippen LogP contribution in [0.3, 0.4) is 0 Å². The van der Waals surface area contributed by atoms with E-state index in [2.05, 4.69) is 0 Å². The van der Waals surface area contributed by atoms with Gasteiger partial charge in [0, 0.05) is 0 Å². The maximum absolute atomic E-state index is 5.07. The summed E-state index contributed by atoms with van der Waals surface area (Å²) in [6, 6.07) is 0. The second-order valence-corrected chi connectivity index (χ2v) is 2.75. The highest BCUT2D eigenvalue weighted by molar-refractivity contribution is 4.63. The van der Waals surface area contributed by atoms with Crippen molar-refractivity contribution in [2.24, 2.45) is 0 Å². The lowest BCUT2D eigenvalue weighted by molar-refractivity contribution is 0.123. The Morgan fingerprint density at radius 2 is 1.56 bits per heavy atom. The predicted molar refractivity (Wildman–Crippen MR) is 36.9 cm³/mol. The quantitative estimate of drug-likeness (QED) is 0.490. The van der Waals surface area contributed by atoms with E-state index < -0.39 is 0 Å². The zero-order chi connectivity index (χ0) is 6.53. The molecule has 0 aromatic rings. The van der Waals surface area contributed by atoms with Crippen LogP contribution in [-0.2, 0) is 4.74 Å². The van der Waals surface area contributed by atoms with Gasteiger partial charge in [-0.15, -0.1) is 0 Å². The Morgan fingerprint density at radius 1 is 1.00 bits per heavy atom. The summed E-state index contributed by atoms with van der Waals surface area (Å²) in [5.74, 6) is 0. The largest absolute Gasteiger partial charge is 0.369 e. The molecular formula is C8H14O. The molecule has 0 saturated heterocycles. The van der Waals surface area contributed by atoms with Gasteiger partial charge in [0.15, 0.2) is 0 Å². The second-order valence-electron chi connectivity index (χ2n) is 2.75. The minimum Gasteiger partial charge on any atom is -0.369 e. The molecule has 0 aromatic carbocycles. The maximum atomic E-state index is 5.07. The second kappa shape index (κ2) is 3.89. The molecule has 0 aromatic heterocycles. The van der Waals surface area contributed by atoms with Crippen molar-refractivity contribution >= 4 is 0 Å². The molecule has 1 nitrogen and oxygen atoms in total. The Morgan fingerprint density at radius 3 is 2.00 bits per heavy atom. The van der Waals surface area contributed by atoms with Crippen molar-refractivity contribution < 1.29 is 4.74 Å². The Hall–Kier alpha value is -0.0400. The Labute approximate surface area is 57.4 Å². The third-order valence-electron chi connectivity index (χ3n) is 1.99. The van der Waals surface area contributed by atoms with E-state index in [0.717, 1.165) is 12.8 Å². The van der Waals surface area contributed by atoms with E-state index in [4.69, 9.17) is 11.8 Å². The topological polar surface area (TPSA) is 9.23 Å². The molecule has 0 bridgehead atoms. The van der Waals surface area contributed by atoms with Crippen molar-refractivity contribution in [2.75, 3.05) is 0 Å². The molecule has 1 aliphatic rings. The zero-order valence-electron chi connectivity index (χ0n) is 5.81. The first-order chi connectivity index (χ1) is 4.43. The summed E-state index contributed by atoms with van der Waals surface area (Å²) in [5, 5.41) is 0. The van der Waals surface area contributed by atoms with Crippen LogP contribution in [0.25, 0.3) is 0 Å². The van der Waals surface area contributed by atoms with Crippen LogP contribution in [0.15, 0.2) is 0 Å². The highest BCUT2D eigenvalue weighted by Gasteiger charge is 2.09. The van der Waals surface area contributed by atoms with Gasteiger partial charge in [-0.2, -0.15) is 0 Å². The van der Waals surface area contributed by atoms with Gasteiger partial charge in [-0.3, -0.25) is 0 Å². The van der Waals surface area contributed by atoms with Gasteiger partial charge in [-0.1, -0.05) is 25.7 Å². The fourth-order valence-electron chi connectivity index (χ4n) is 1.38. The van der Waals surface area contributed by atoms with Crippen molar-refractivity contribution in [3.05, 3.63) is 7.11 Å². The van der Waals surface area contributed by atoms with Crippen LogP contribution >= 0.6 is 0 Å². The molecule has 0 aliphatic heterocycles. The van der Waals surface area contributed by atoms with Gasteiger partial charge in [-0.25, -0.2) is 0 Å². The number of ether oxygens (including phenoxy) is 1. The molecule has 2 radical (unpaired) electrons. The van der Waals surface area contributed by atoms with Crippen molar-refractivity contribution in [1.29, 1.82) is 0 Å². The summed E-state index contributed by atoms with van der Waals surface area (Å²) in [4.78, 5) is 0. The molecule has 1 fully saturated rings. The molecule has 1 aliphatic carbocycles. The standard InChI is InChI=1S/C8H14O/c1-9-8-6-4-2-3-5-7-8/h1,8H,2-7H2. The lowest BCUT2D eigenvalue weighted by Gasteiger charge is -2.09. The Balaban J connectivity index is 2.18. The number of hydrogen-bond acceptors (Lipinski definition) is 1. The number of rotatable bonds is 1. The lowest BCUT2D eigenvalue weighted by atomic mass is 10.2. The van der Waals surface area contributed by atoms with Crippen molar-refractivity contribution in [3.63, 3.8) is 0 Å². The molecule has 0 amide bonds. The maximum Gasteiger partial charge on any atom is 0.115 e. The Kier molecular flexibility index (Phi) is 3.05. The van der Waals surface area contributed by atoms with Gasteiger partial charge in [0.25, 0.3) is 0 Å². The van der Waals surface area contributed by atoms with Gasteiger partial charge in [0.2, 0.25) is 0 Å². The van der Waals surface area contributed by atoms with Crippen LogP contribution in [0.1, 0.15) is 38.5 Å². The van der Waals surface area contributed by atoms with E-state index in [1.807, 2.05) is 0 Å². The monoisotopic (exact) mass is 126 g/mol. The fourth-order valence-corrected chi connectivity index (χ4v) is 1.38. The molecule has 0 heterocycles. The van der Waals surface area contributed by atoms with E-state index in [-0.39, 0.29) is 0 Å². The van der Waals surface area contributed by atoms with Crippen LogP contribution in [0.5, 0.6) is 0 Å². The van der Waals surface area contributed by atoms with Gasteiger partial charge in [-0.05, 0) is 12.8 Å². The average molecular weight is 126 g/mol. The highest BCUT2D eigenvalue weighted by Crippen LogP contribution is 2.18. The van der Waals surface area contributed by atoms with Crippen LogP contribution in [0.4, 0.5) is 0 Å². The molecule has 52 valence electrons. The fraction of sp³-hybridized carbons (Fsp3) is 0.875. The van der Waals surface area contributed by atoms with Crippen molar-refractivity contribution in [2.45, 2.75) is 44.6 Å². The van der Waals surface area contributed by atoms with Crippen molar-refractivity contribution in [1.82, 2.24) is 0 Å². The van der Waals surface area contributed by atoms with E-state index in [9.17, 15) is 0 Å². The van der Waals surface area contributed by atoms with E-state index in [0.29, 0.717) is 6.10 Å². The zero-order valence-corrected chi connectivity index (χ0v) is 5.81. The molecule has 1 rings (SSSR count). The normalized spacial score (nSPS) is 23.7. The molecule has 0 spiro atoms. The molecular weight excluding hydrogens is 112 g/mol. The first-order valence-electron chi connectivity index (χ1n) is 3.79. The van der Waals surface area contributed by atoms with Crippen LogP contribution < -0.4 is 0 Å². The average Bonchev–Trinajstić information content (AvgIpc) is 2.13. The molecule has 9 heavy (non-hydrogen) atoms. The summed E-state index contributed by atoms with van der Waals surface area (Å²) in [6.45, 7) is 0. The first kappa shape index (κ1) is 7.07. The molecule has 1 heteroatoms. The first-order valence-corrected chi connectivity index (χ1v) is 3.79. The molecule has 0 unspecified atom stereocenters. The summed E-state index contributed by atoms with van der Waals surface area (Å²) >= 11 is 0. The van der Waals surface area contributed by atoms with Gasteiger partial charge in [0.1, 0.15) is 7.11 Å². The smallest absolute Gasteiger partial charge is 0.115 e. The predicted octanol–water partition coefficient (Wildman–Crippen LogP) is 2.39.